The monoisotopic (exact) mass is 302 g/mol. The molecule has 0 unspecified atom stereocenters. The van der Waals surface area contributed by atoms with Crippen LogP contribution in [0.4, 0.5) is 18.9 Å². The van der Waals surface area contributed by atoms with Crippen LogP contribution in [0.15, 0.2) is 18.2 Å². The lowest BCUT2D eigenvalue weighted by Gasteiger charge is -2.44. The number of nitrogens with one attached hydrogen (secondary N) is 1. The zero-order valence-corrected chi connectivity index (χ0v) is 12.5. The van der Waals surface area contributed by atoms with Gasteiger partial charge in [0.1, 0.15) is 0 Å². The van der Waals surface area contributed by atoms with E-state index >= 15 is 0 Å². The molecule has 0 spiro atoms. The van der Waals surface area contributed by atoms with E-state index in [9.17, 15) is 13.2 Å². The first-order valence-electron chi connectivity index (χ1n) is 6.96. The predicted molar refractivity (Wildman–Crippen MR) is 76.5 cm³/mol. The molecule has 118 valence electrons. The lowest BCUT2D eigenvalue weighted by Crippen LogP contribution is -2.53. The second kappa shape index (κ2) is 5.85. The average Bonchev–Trinajstić information content (AvgIpc) is 2.38. The summed E-state index contributed by atoms with van der Waals surface area (Å²) in [6, 6.07) is 4.56. The summed E-state index contributed by atoms with van der Waals surface area (Å²) < 4.78 is 45.1. The van der Waals surface area contributed by atoms with Crippen molar-refractivity contribution >= 4 is 5.69 Å². The van der Waals surface area contributed by atoms with Crippen LogP contribution in [0.1, 0.15) is 25.0 Å². The Bertz CT molecular complexity index is 500. The summed E-state index contributed by atoms with van der Waals surface area (Å²) in [4.78, 5) is 1.98. The van der Waals surface area contributed by atoms with E-state index in [1.165, 1.54) is 6.07 Å². The molecular weight excluding hydrogens is 281 g/mol. The fourth-order valence-corrected chi connectivity index (χ4v) is 2.68. The first-order valence-corrected chi connectivity index (χ1v) is 6.96. The topological polar surface area (TPSA) is 24.5 Å². The maximum atomic E-state index is 13.2. The minimum Gasteiger partial charge on any atom is -0.377 e. The Morgan fingerprint density at radius 1 is 1.33 bits per heavy atom. The van der Waals surface area contributed by atoms with Gasteiger partial charge in [-0.15, -0.1) is 0 Å². The van der Waals surface area contributed by atoms with Crippen LogP contribution in [-0.4, -0.2) is 32.3 Å². The summed E-state index contributed by atoms with van der Waals surface area (Å²) in [5, 5.41) is 2.78. The van der Waals surface area contributed by atoms with Crippen molar-refractivity contribution < 1.29 is 17.9 Å². The van der Waals surface area contributed by atoms with Gasteiger partial charge in [0.25, 0.3) is 0 Å². The van der Waals surface area contributed by atoms with E-state index in [0.29, 0.717) is 25.4 Å². The Balaban J connectivity index is 2.41. The normalized spacial score (nSPS) is 18.9. The van der Waals surface area contributed by atoms with Gasteiger partial charge in [0.15, 0.2) is 0 Å². The highest BCUT2D eigenvalue weighted by molar-refractivity contribution is 5.54. The van der Waals surface area contributed by atoms with Crippen LogP contribution in [0.25, 0.3) is 0 Å². The molecular formula is C15H21F3N2O. The molecule has 1 aliphatic heterocycles. The van der Waals surface area contributed by atoms with Gasteiger partial charge < -0.3 is 15.0 Å². The summed E-state index contributed by atoms with van der Waals surface area (Å²) >= 11 is 0. The van der Waals surface area contributed by atoms with E-state index in [1.807, 2.05) is 18.7 Å². The van der Waals surface area contributed by atoms with E-state index in [0.717, 1.165) is 0 Å². The summed E-state index contributed by atoms with van der Waals surface area (Å²) in [5.41, 5.74) is -0.0296. The van der Waals surface area contributed by atoms with Crippen molar-refractivity contribution in [1.82, 2.24) is 5.32 Å². The molecule has 1 fully saturated rings. The van der Waals surface area contributed by atoms with E-state index in [2.05, 4.69) is 5.32 Å². The number of morpholine rings is 1. The number of alkyl halides is 3. The van der Waals surface area contributed by atoms with Gasteiger partial charge in [-0.3, -0.25) is 0 Å². The molecule has 1 heterocycles. The molecule has 0 radical (unpaired) electrons. The van der Waals surface area contributed by atoms with E-state index in [4.69, 9.17) is 4.74 Å². The third kappa shape index (κ3) is 3.49. The molecule has 0 aliphatic carbocycles. The minimum atomic E-state index is -4.35. The Kier molecular flexibility index (Phi) is 4.49. The SMILES string of the molecule is CNCc1ccc(N2CCOCC2(C)C)cc1C(F)(F)F. The molecule has 0 saturated carbocycles. The molecule has 1 aromatic rings. The molecule has 1 aliphatic rings. The van der Waals surface area contributed by atoms with Gasteiger partial charge in [0.05, 0.1) is 24.3 Å². The van der Waals surface area contributed by atoms with E-state index in [1.54, 1.807) is 19.2 Å². The number of hydrogen-bond donors (Lipinski definition) is 1. The first-order chi connectivity index (χ1) is 9.75. The van der Waals surface area contributed by atoms with Gasteiger partial charge in [0.2, 0.25) is 0 Å². The van der Waals surface area contributed by atoms with E-state index < -0.39 is 11.7 Å². The Morgan fingerprint density at radius 2 is 2.05 bits per heavy atom. The Labute approximate surface area is 123 Å². The largest absolute Gasteiger partial charge is 0.416 e. The van der Waals surface area contributed by atoms with Crippen molar-refractivity contribution in [2.75, 3.05) is 31.7 Å². The smallest absolute Gasteiger partial charge is 0.377 e. The van der Waals surface area contributed by atoms with Crippen molar-refractivity contribution in [1.29, 1.82) is 0 Å². The van der Waals surface area contributed by atoms with Crippen LogP contribution < -0.4 is 10.2 Å². The second-order valence-electron chi connectivity index (χ2n) is 5.89. The quantitative estimate of drug-likeness (QED) is 0.929. The Hall–Kier alpha value is -1.27. The fraction of sp³-hybridized carbons (Fsp3) is 0.600. The number of anilines is 1. The highest BCUT2D eigenvalue weighted by atomic mass is 19.4. The molecule has 1 saturated heterocycles. The first kappa shape index (κ1) is 16.1. The number of nitrogens with zero attached hydrogens (tertiary/aromatic N) is 1. The van der Waals surface area contributed by atoms with Crippen LogP contribution >= 0.6 is 0 Å². The molecule has 1 N–H and O–H groups in total. The highest BCUT2D eigenvalue weighted by Crippen LogP contribution is 2.36. The summed E-state index contributed by atoms with van der Waals surface area (Å²) in [5.74, 6) is 0. The summed E-state index contributed by atoms with van der Waals surface area (Å²) in [6.45, 7) is 5.77. The summed E-state index contributed by atoms with van der Waals surface area (Å²) in [6.07, 6.45) is -4.35. The predicted octanol–water partition coefficient (Wildman–Crippen LogP) is 3.04. The van der Waals surface area contributed by atoms with Crippen LogP contribution in [0, 0.1) is 0 Å². The maximum Gasteiger partial charge on any atom is 0.416 e. The molecule has 0 atom stereocenters. The minimum absolute atomic E-state index is 0.196. The zero-order valence-electron chi connectivity index (χ0n) is 12.5. The number of hydrogen-bond acceptors (Lipinski definition) is 3. The van der Waals surface area contributed by atoms with Gasteiger partial charge in [-0.1, -0.05) is 6.07 Å². The number of ether oxygens (including phenoxy) is 1. The third-order valence-electron chi connectivity index (χ3n) is 3.72. The Morgan fingerprint density at radius 3 is 2.62 bits per heavy atom. The molecule has 6 heteroatoms. The van der Waals surface area contributed by atoms with Crippen LogP contribution in [0.5, 0.6) is 0 Å². The molecule has 21 heavy (non-hydrogen) atoms. The molecule has 2 rings (SSSR count). The third-order valence-corrected chi connectivity index (χ3v) is 3.72. The van der Waals surface area contributed by atoms with Gasteiger partial charge in [-0.2, -0.15) is 13.2 Å². The standard InChI is InChI=1S/C15H21F3N2O/c1-14(2)10-21-7-6-20(14)12-5-4-11(9-19-3)13(8-12)15(16,17)18/h4-5,8,19H,6-7,9-10H2,1-3H3. The lowest BCUT2D eigenvalue weighted by atomic mass is 9.99. The molecule has 0 amide bonds. The molecule has 3 nitrogen and oxygen atoms in total. The molecule has 0 bridgehead atoms. The van der Waals surface area contributed by atoms with Crippen molar-refractivity contribution in [2.45, 2.75) is 32.1 Å². The van der Waals surface area contributed by atoms with Crippen molar-refractivity contribution in [3.63, 3.8) is 0 Å². The fourth-order valence-electron chi connectivity index (χ4n) is 2.68. The van der Waals surface area contributed by atoms with Crippen LogP contribution in [0.3, 0.4) is 0 Å². The maximum absolute atomic E-state index is 13.2. The van der Waals surface area contributed by atoms with Crippen LogP contribution in [0.2, 0.25) is 0 Å². The van der Waals surface area contributed by atoms with Gasteiger partial charge in [0, 0.05) is 18.8 Å². The van der Waals surface area contributed by atoms with Crippen molar-refractivity contribution in [3.05, 3.63) is 29.3 Å². The average molecular weight is 302 g/mol. The lowest BCUT2D eigenvalue weighted by molar-refractivity contribution is -0.138. The molecule has 1 aromatic carbocycles. The van der Waals surface area contributed by atoms with Gasteiger partial charge >= 0.3 is 6.18 Å². The van der Waals surface area contributed by atoms with Gasteiger partial charge in [-0.25, -0.2) is 0 Å². The summed E-state index contributed by atoms with van der Waals surface area (Å²) in [7, 11) is 1.64. The second-order valence-corrected chi connectivity index (χ2v) is 5.89. The number of halogens is 3. The van der Waals surface area contributed by atoms with Gasteiger partial charge in [-0.05, 0) is 38.6 Å². The van der Waals surface area contributed by atoms with Crippen molar-refractivity contribution in [3.8, 4) is 0 Å². The zero-order chi connectivity index (χ0) is 15.7. The van der Waals surface area contributed by atoms with E-state index in [-0.39, 0.29) is 17.6 Å². The van der Waals surface area contributed by atoms with Crippen LogP contribution in [-0.2, 0) is 17.5 Å². The highest BCUT2D eigenvalue weighted by Gasteiger charge is 2.36. The number of benzene rings is 1. The number of rotatable bonds is 3. The van der Waals surface area contributed by atoms with Crippen molar-refractivity contribution in [2.24, 2.45) is 0 Å². The molecule has 0 aromatic heterocycles.